The van der Waals surface area contributed by atoms with E-state index in [-0.39, 0.29) is 6.04 Å². The minimum absolute atomic E-state index is 0.0584. The van der Waals surface area contributed by atoms with E-state index in [1.807, 2.05) is 6.92 Å². The summed E-state index contributed by atoms with van der Waals surface area (Å²) in [5.41, 5.74) is 0. The molecule has 1 unspecified atom stereocenters. The van der Waals surface area contributed by atoms with Gasteiger partial charge in [-0.15, -0.1) is 0 Å². The molecule has 0 aromatic carbocycles. The van der Waals surface area contributed by atoms with Gasteiger partial charge in [-0.05, 0) is 39.4 Å². The maximum atomic E-state index is 10.3. The molecule has 84 valence electrons. The largest absolute Gasteiger partial charge is 0.465 e. The predicted octanol–water partition coefficient (Wildman–Crippen LogP) is 1.76. The highest BCUT2D eigenvalue weighted by molar-refractivity contribution is 5.64. The lowest BCUT2D eigenvalue weighted by Crippen LogP contribution is -2.32. The van der Waals surface area contributed by atoms with Gasteiger partial charge >= 0.3 is 6.09 Å². The molecule has 0 aliphatic heterocycles. The van der Waals surface area contributed by atoms with Crippen molar-refractivity contribution in [3.8, 4) is 0 Å². The highest BCUT2D eigenvalue weighted by Crippen LogP contribution is 1.99. The molecule has 0 saturated heterocycles. The minimum Gasteiger partial charge on any atom is -0.465 e. The summed E-state index contributed by atoms with van der Waals surface area (Å²) in [6, 6.07) is 0.0584. The first-order valence-electron chi connectivity index (χ1n) is 5.31. The molecule has 4 nitrogen and oxygen atoms in total. The fraction of sp³-hybridized carbons (Fsp3) is 0.900. The van der Waals surface area contributed by atoms with Crippen LogP contribution in [0, 0.1) is 0 Å². The molecular weight excluding hydrogens is 180 g/mol. The second-order valence-corrected chi connectivity index (χ2v) is 3.52. The molecule has 0 heterocycles. The third-order valence-corrected chi connectivity index (χ3v) is 2.38. The molecule has 0 aromatic heterocycles. The average molecular weight is 202 g/mol. The van der Waals surface area contributed by atoms with Crippen molar-refractivity contribution in [2.24, 2.45) is 0 Å². The van der Waals surface area contributed by atoms with Crippen LogP contribution in [0.2, 0.25) is 0 Å². The van der Waals surface area contributed by atoms with E-state index in [4.69, 9.17) is 5.11 Å². The number of hydrogen-bond donors (Lipinski definition) is 2. The molecule has 0 radical (unpaired) electrons. The molecule has 0 fully saturated rings. The fourth-order valence-corrected chi connectivity index (χ4v) is 1.44. The Morgan fingerprint density at radius 3 is 2.43 bits per heavy atom. The molecular formula is C10H22N2O2. The fourth-order valence-electron chi connectivity index (χ4n) is 1.44. The van der Waals surface area contributed by atoms with Gasteiger partial charge in [-0.25, -0.2) is 4.79 Å². The van der Waals surface area contributed by atoms with Crippen molar-refractivity contribution in [1.29, 1.82) is 0 Å². The monoisotopic (exact) mass is 202 g/mol. The van der Waals surface area contributed by atoms with Crippen LogP contribution in [0.5, 0.6) is 0 Å². The van der Waals surface area contributed by atoms with Crippen LogP contribution in [0.4, 0.5) is 4.79 Å². The zero-order valence-corrected chi connectivity index (χ0v) is 9.42. The Morgan fingerprint density at radius 2 is 2.00 bits per heavy atom. The average Bonchev–Trinajstić information content (AvgIpc) is 2.11. The van der Waals surface area contributed by atoms with Gasteiger partial charge in [0, 0.05) is 6.04 Å². The van der Waals surface area contributed by atoms with Crippen molar-refractivity contribution in [3.63, 3.8) is 0 Å². The summed E-state index contributed by atoms with van der Waals surface area (Å²) < 4.78 is 0. The molecule has 14 heavy (non-hydrogen) atoms. The lowest BCUT2D eigenvalue weighted by atomic mass is 10.2. The maximum absolute atomic E-state index is 10.3. The number of nitrogens with zero attached hydrogens (tertiary/aromatic N) is 1. The number of amides is 1. The Balaban J connectivity index is 3.47. The summed E-state index contributed by atoms with van der Waals surface area (Å²) in [7, 11) is 0. The zero-order chi connectivity index (χ0) is 11.0. The molecule has 0 rings (SSSR count). The van der Waals surface area contributed by atoms with Gasteiger partial charge < -0.3 is 15.3 Å². The number of rotatable bonds is 7. The third kappa shape index (κ3) is 6.71. The van der Waals surface area contributed by atoms with Crippen LogP contribution < -0.4 is 5.32 Å². The van der Waals surface area contributed by atoms with Crippen LogP contribution in [0.25, 0.3) is 0 Å². The minimum atomic E-state index is -0.930. The van der Waals surface area contributed by atoms with Gasteiger partial charge in [-0.2, -0.15) is 0 Å². The highest BCUT2D eigenvalue weighted by atomic mass is 16.4. The Labute approximate surface area is 86.3 Å². The van der Waals surface area contributed by atoms with Gasteiger partial charge in [0.1, 0.15) is 0 Å². The second kappa shape index (κ2) is 7.62. The maximum Gasteiger partial charge on any atom is 0.404 e. The van der Waals surface area contributed by atoms with Crippen molar-refractivity contribution in [3.05, 3.63) is 0 Å². The number of carboxylic acid groups (broad SMARTS) is 1. The van der Waals surface area contributed by atoms with Gasteiger partial charge in [-0.1, -0.05) is 13.8 Å². The summed E-state index contributed by atoms with van der Waals surface area (Å²) in [5.74, 6) is 0. The Bertz CT molecular complexity index is 158. The van der Waals surface area contributed by atoms with Crippen molar-refractivity contribution in [1.82, 2.24) is 10.2 Å². The van der Waals surface area contributed by atoms with E-state index >= 15 is 0 Å². The first-order valence-corrected chi connectivity index (χ1v) is 5.31. The lowest BCUT2D eigenvalue weighted by molar-refractivity contribution is 0.189. The molecule has 0 aliphatic carbocycles. The summed E-state index contributed by atoms with van der Waals surface area (Å²) in [5, 5.41) is 10.9. The van der Waals surface area contributed by atoms with Gasteiger partial charge in [0.2, 0.25) is 0 Å². The van der Waals surface area contributed by atoms with Crippen molar-refractivity contribution >= 4 is 6.09 Å². The predicted molar refractivity (Wildman–Crippen MR) is 57.6 cm³/mol. The van der Waals surface area contributed by atoms with Gasteiger partial charge in [0.15, 0.2) is 0 Å². The van der Waals surface area contributed by atoms with Crippen LogP contribution in [0.3, 0.4) is 0 Å². The van der Waals surface area contributed by atoms with Crippen LogP contribution in [0.15, 0.2) is 0 Å². The van der Waals surface area contributed by atoms with Crippen LogP contribution in [-0.2, 0) is 0 Å². The summed E-state index contributed by atoms with van der Waals surface area (Å²) >= 11 is 0. The van der Waals surface area contributed by atoms with E-state index in [2.05, 4.69) is 24.1 Å². The number of carbonyl (C=O) groups is 1. The second-order valence-electron chi connectivity index (χ2n) is 3.52. The smallest absolute Gasteiger partial charge is 0.404 e. The number of nitrogens with one attached hydrogen (secondary N) is 1. The molecule has 0 saturated carbocycles. The van der Waals surface area contributed by atoms with E-state index < -0.39 is 6.09 Å². The molecule has 0 aromatic rings. The van der Waals surface area contributed by atoms with Gasteiger partial charge in [-0.3, -0.25) is 0 Å². The highest BCUT2D eigenvalue weighted by Gasteiger charge is 2.05. The van der Waals surface area contributed by atoms with Crippen molar-refractivity contribution in [2.75, 3.05) is 19.6 Å². The molecule has 2 N–H and O–H groups in total. The van der Waals surface area contributed by atoms with E-state index in [1.165, 1.54) is 0 Å². The van der Waals surface area contributed by atoms with E-state index in [0.29, 0.717) is 0 Å². The lowest BCUT2D eigenvalue weighted by Gasteiger charge is -2.19. The Kier molecular flexibility index (Phi) is 7.20. The zero-order valence-electron chi connectivity index (χ0n) is 9.42. The Hall–Kier alpha value is -0.770. The molecule has 0 bridgehead atoms. The van der Waals surface area contributed by atoms with Crippen LogP contribution in [0.1, 0.15) is 33.6 Å². The summed E-state index contributed by atoms with van der Waals surface area (Å²) in [6.07, 6.45) is 1.02. The molecule has 1 atom stereocenters. The molecule has 1 amide bonds. The van der Waals surface area contributed by atoms with Crippen molar-refractivity contribution < 1.29 is 9.90 Å². The topological polar surface area (TPSA) is 52.6 Å². The van der Waals surface area contributed by atoms with Crippen molar-refractivity contribution in [2.45, 2.75) is 39.7 Å². The molecule has 0 aliphatic rings. The normalized spacial score (nSPS) is 12.9. The van der Waals surface area contributed by atoms with E-state index in [9.17, 15) is 4.79 Å². The third-order valence-electron chi connectivity index (χ3n) is 2.38. The van der Waals surface area contributed by atoms with Crippen LogP contribution >= 0.6 is 0 Å². The first-order chi connectivity index (χ1) is 6.60. The standard InChI is InChI=1S/C10H22N2O2/c1-4-12(5-2)8-6-7-9(3)11-10(13)14/h9,11H,4-8H2,1-3H3,(H,13,14). The van der Waals surface area contributed by atoms with Crippen LogP contribution in [-0.4, -0.2) is 41.8 Å². The van der Waals surface area contributed by atoms with E-state index in [0.717, 1.165) is 32.5 Å². The number of hydrogen-bond acceptors (Lipinski definition) is 2. The molecule has 4 heteroatoms. The molecule has 0 spiro atoms. The first kappa shape index (κ1) is 13.2. The summed E-state index contributed by atoms with van der Waals surface area (Å²) in [6.45, 7) is 9.37. The van der Waals surface area contributed by atoms with Gasteiger partial charge in [0.05, 0.1) is 0 Å². The van der Waals surface area contributed by atoms with E-state index in [1.54, 1.807) is 0 Å². The Morgan fingerprint density at radius 1 is 1.43 bits per heavy atom. The summed E-state index contributed by atoms with van der Waals surface area (Å²) in [4.78, 5) is 12.6. The van der Waals surface area contributed by atoms with Gasteiger partial charge in [0.25, 0.3) is 0 Å². The SMILES string of the molecule is CCN(CC)CCCC(C)NC(=O)O. The quantitative estimate of drug-likeness (QED) is 0.661.